The summed E-state index contributed by atoms with van der Waals surface area (Å²) in [5, 5.41) is 2.80. The number of hydrogen-bond donors (Lipinski definition) is 3. The number of anilines is 3. The lowest BCUT2D eigenvalue weighted by molar-refractivity contribution is 0.399. The number of nitrogens with zero attached hydrogens (tertiary/aromatic N) is 2. The number of nitrogens with one attached hydrogen (secondary N) is 3. The largest absolute Gasteiger partial charge is 0.480 e. The number of sulfonamides is 1. The summed E-state index contributed by atoms with van der Waals surface area (Å²) in [5.41, 5.74) is 0.886. The molecule has 1 heterocycles. The summed E-state index contributed by atoms with van der Waals surface area (Å²) in [5.74, 6) is -0.586. The summed E-state index contributed by atoms with van der Waals surface area (Å²) in [6.07, 6.45) is 1.41. The molecule has 4 aromatic rings. The molecule has 0 saturated carbocycles. The number of benzene rings is 3. The fourth-order valence-electron chi connectivity index (χ4n) is 3.26. The molecule has 0 radical (unpaired) electrons. The lowest BCUT2D eigenvalue weighted by Gasteiger charge is -2.13. The third kappa shape index (κ3) is 5.93. The lowest BCUT2D eigenvalue weighted by Crippen LogP contribution is -2.14. The van der Waals surface area contributed by atoms with Gasteiger partial charge in [0.05, 0.1) is 28.4 Å². The molecule has 4 rings (SSSR count). The summed E-state index contributed by atoms with van der Waals surface area (Å²) >= 11 is 11.9. The van der Waals surface area contributed by atoms with Gasteiger partial charge in [0.2, 0.25) is 11.8 Å². The van der Waals surface area contributed by atoms with Crippen LogP contribution in [0.3, 0.4) is 0 Å². The summed E-state index contributed by atoms with van der Waals surface area (Å²) in [6, 6.07) is 14.3. The lowest BCUT2D eigenvalue weighted by atomic mass is 10.1. The quantitative estimate of drug-likeness (QED) is 0.210. The Labute approximate surface area is 223 Å². The van der Waals surface area contributed by atoms with E-state index in [1.807, 2.05) is 0 Å². The van der Waals surface area contributed by atoms with Gasteiger partial charge in [-0.15, -0.1) is 0 Å². The van der Waals surface area contributed by atoms with Crippen LogP contribution in [0.5, 0.6) is 5.88 Å². The highest BCUT2D eigenvalue weighted by Gasteiger charge is 2.22. The first-order valence-electron chi connectivity index (χ1n) is 10.3. The van der Waals surface area contributed by atoms with Crippen LogP contribution in [0, 0.1) is 10.6 Å². The van der Waals surface area contributed by atoms with Gasteiger partial charge in [0.15, 0.2) is 0 Å². The van der Waals surface area contributed by atoms with Gasteiger partial charge in [-0.2, -0.15) is 15.6 Å². The van der Waals surface area contributed by atoms with Crippen LogP contribution in [-0.4, -0.2) is 25.5 Å². The van der Waals surface area contributed by atoms with Crippen molar-refractivity contribution in [2.45, 2.75) is 9.79 Å². The molecule has 0 unspecified atom stereocenters. The normalized spacial score (nSPS) is 11.4. The molecule has 0 atom stereocenters. The van der Waals surface area contributed by atoms with Crippen molar-refractivity contribution in [2.75, 3.05) is 17.1 Å². The van der Waals surface area contributed by atoms with Crippen molar-refractivity contribution in [1.29, 1.82) is 4.78 Å². The first kappa shape index (κ1) is 26.6. The molecule has 9 nitrogen and oxygen atoms in total. The van der Waals surface area contributed by atoms with E-state index in [1.165, 1.54) is 49.7 Å². The molecule has 0 aliphatic heterocycles. The predicted molar refractivity (Wildman–Crippen MR) is 140 cm³/mol. The number of halogens is 3. The Kier molecular flexibility index (Phi) is 7.83. The van der Waals surface area contributed by atoms with Crippen LogP contribution >= 0.6 is 23.2 Å². The molecule has 1 aromatic heterocycles. The van der Waals surface area contributed by atoms with E-state index in [9.17, 15) is 17.0 Å². The van der Waals surface area contributed by atoms with Crippen molar-refractivity contribution < 1.29 is 21.8 Å². The monoisotopic (exact) mass is 580 g/mol. The molecule has 0 amide bonds. The van der Waals surface area contributed by atoms with Crippen molar-refractivity contribution in [1.82, 2.24) is 9.97 Å². The van der Waals surface area contributed by atoms with E-state index >= 15 is 0 Å². The van der Waals surface area contributed by atoms with E-state index in [1.54, 1.807) is 18.2 Å². The molecule has 0 spiro atoms. The number of ether oxygens (including phenoxy) is 1. The summed E-state index contributed by atoms with van der Waals surface area (Å²) in [4.78, 5) is 8.51. The van der Waals surface area contributed by atoms with Gasteiger partial charge in [-0.25, -0.2) is 17.8 Å². The Morgan fingerprint density at radius 1 is 1.08 bits per heavy atom. The molecule has 0 fully saturated rings. The highest BCUT2D eigenvalue weighted by molar-refractivity contribution is 7.92. The van der Waals surface area contributed by atoms with Crippen molar-refractivity contribution in [2.24, 2.45) is 0 Å². The minimum atomic E-state index is -4.22. The Bertz CT molecular complexity index is 1680. The molecule has 14 heteroatoms. The van der Waals surface area contributed by atoms with Crippen LogP contribution in [0.4, 0.5) is 21.7 Å². The van der Waals surface area contributed by atoms with Crippen LogP contribution in [0.15, 0.2) is 76.7 Å². The van der Waals surface area contributed by atoms with E-state index in [0.29, 0.717) is 21.7 Å². The van der Waals surface area contributed by atoms with E-state index < -0.39 is 26.4 Å². The van der Waals surface area contributed by atoms with Gasteiger partial charge in [-0.1, -0.05) is 58.4 Å². The predicted octanol–water partition coefficient (Wildman–Crippen LogP) is 6.23. The Morgan fingerprint density at radius 2 is 1.84 bits per heavy atom. The third-order valence-corrected chi connectivity index (χ3v) is 8.00. The van der Waals surface area contributed by atoms with E-state index in [2.05, 4.69) is 20.0 Å². The SMILES string of the molecule is COc1nc(Nc2cccc([S-](=N)=O)c2)ncc1-c1ccc(NS(=O)(=O)c2cccc(Cl)c2Cl)c(F)c1. The molecule has 192 valence electrons. The molecule has 3 aromatic carbocycles. The number of aromatic nitrogens is 2. The average molecular weight is 581 g/mol. The zero-order valence-electron chi connectivity index (χ0n) is 18.8. The van der Waals surface area contributed by atoms with Crippen LogP contribution in [0.1, 0.15) is 0 Å². The fourth-order valence-corrected chi connectivity index (χ4v) is 5.52. The molecular formula is C23H17Cl2FN5O4S2-. The van der Waals surface area contributed by atoms with Crippen molar-refractivity contribution in [3.63, 3.8) is 0 Å². The first-order chi connectivity index (χ1) is 17.6. The fraction of sp³-hybridized carbons (Fsp3) is 0.0435. The van der Waals surface area contributed by atoms with Crippen LogP contribution in [0.25, 0.3) is 11.1 Å². The van der Waals surface area contributed by atoms with E-state index in [4.69, 9.17) is 32.7 Å². The second kappa shape index (κ2) is 10.9. The second-order valence-electron chi connectivity index (χ2n) is 7.39. The average Bonchev–Trinajstić information content (AvgIpc) is 2.86. The highest BCUT2D eigenvalue weighted by atomic mass is 35.5. The molecule has 0 saturated heterocycles. The Balaban J connectivity index is 1.60. The first-order valence-corrected chi connectivity index (χ1v) is 13.7. The maximum absolute atomic E-state index is 14.9. The summed E-state index contributed by atoms with van der Waals surface area (Å²) in [6.45, 7) is 0. The number of methoxy groups -OCH3 is 1. The van der Waals surface area contributed by atoms with Crippen molar-refractivity contribution in [3.05, 3.63) is 82.7 Å². The van der Waals surface area contributed by atoms with Crippen LogP contribution in [0.2, 0.25) is 10.0 Å². The third-order valence-electron chi connectivity index (χ3n) is 4.98. The molecule has 0 bridgehead atoms. The van der Waals surface area contributed by atoms with Crippen LogP contribution in [-0.2, 0) is 24.8 Å². The summed E-state index contributed by atoms with van der Waals surface area (Å²) < 4.78 is 66.7. The van der Waals surface area contributed by atoms with Gasteiger partial charge < -0.3 is 19.0 Å². The topological polar surface area (TPSA) is 134 Å². The standard InChI is InChI=1S/C23H17Cl2FN5O4S2/c1-35-22-16(12-28-23(30-22)29-14-4-2-5-15(11-14)36(27)32)13-8-9-19(18(26)10-13)31-37(33,34)20-7-3-6-17(24)21(20)25/h2-12,27,31H,1H3,(H,28,29,30)/q-1. The highest BCUT2D eigenvalue weighted by Crippen LogP contribution is 2.33. The Morgan fingerprint density at radius 3 is 2.54 bits per heavy atom. The molecular weight excluding hydrogens is 564 g/mol. The van der Waals surface area contributed by atoms with Crippen molar-refractivity contribution >= 4 is 61.1 Å². The zero-order chi connectivity index (χ0) is 26.7. The van der Waals surface area contributed by atoms with Crippen LogP contribution < -0.4 is 14.8 Å². The maximum Gasteiger partial charge on any atom is 0.263 e. The minimum Gasteiger partial charge on any atom is -0.480 e. The molecule has 0 aliphatic carbocycles. The summed E-state index contributed by atoms with van der Waals surface area (Å²) in [7, 11) is -4.74. The molecule has 37 heavy (non-hydrogen) atoms. The maximum atomic E-state index is 14.9. The zero-order valence-corrected chi connectivity index (χ0v) is 22.0. The minimum absolute atomic E-state index is 0.0458. The smallest absolute Gasteiger partial charge is 0.263 e. The number of rotatable bonds is 8. The molecule has 0 aliphatic rings. The van der Waals surface area contributed by atoms with Gasteiger partial charge in [0, 0.05) is 11.9 Å². The van der Waals surface area contributed by atoms with Gasteiger partial charge in [0.1, 0.15) is 10.7 Å². The van der Waals surface area contributed by atoms with E-state index in [-0.39, 0.29) is 32.5 Å². The Hall–Kier alpha value is -3.45. The molecule has 3 N–H and O–H groups in total. The van der Waals surface area contributed by atoms with Gasteiger partial charge in [-0.05, 0) is 35.9 Å². The van der Waals surface area contributed by atoms with Gasteiger partial charge in [-0.3, -0.25) is 4.72 Å². The second-order valence-corrected chi connectivity index (χ2v) is 10.8. The van der Waals surface area contributed by atoms with E-state index in [0.717, 1.165) is 6.07 Å². The van der Waals surface area contributed by atoms with Gasteiger partial charge >= 0.3 is 0 Å². The van der Waals surface area contributed by atoms with Crippen molar-refractivity contribution in [3.8, 4) is 17.0 Å². The number of hydrogen-bond acceptors (Lipinski definition) is 9. The van der Waals surface area contributed by atoms with Gasteiger partial charge in [0.25, 0.3) is 10.0 Å².